The predicted molar refractivity (Wildman–Crippen MR) is 68.0 cm³/mol. The number of rotatable bonds is 3. The van der Waals surface area contributed by atoms with Crippen molar-refractivity contribution < 1.29 is 18.3 Å². The first-order valence-corrected chi connectivity index (χ1v) is 7.46. The first kappa shape index (κ1) is 14.4. The number of hydrogen-bond donors (Lipinski definition) is 1. The van der Waals surface area contributed by atoms with Gasteiger partial charge in [-0.3, -0.25) is 4.68 Å². The average molecular weight is 289 g/mol. The summed E-state index contributed by atoms with van der Waals surface area (Å²) in [5.41, 5.74) is -0.624. The van der Waals surface area contributed by atoms with Crippen molar-refractivity contribution in [3.8, 4) is 0 Å². The van der Waals surface area contributed by atoms with E-state index < -0.39 is 21.7 Å². The molecular weight excluding hydrogens is 270 g/mol. The second kappa shape index (κ2) is 4.86. The number of aliphatic hydroxyl groups is 1. The van der Waals surface area contributed by atoms with E-state index in [9.17, 15) is 13.5 Å². The molecule has 0 saturated carbocycles. The number of aryl methyl sites for hydroxylation is 1. The van der Waals surface area contributed by atoms with E-state index in [1.165, 1.54) is 21.4 Å². The molecule has 1 N–H and O–H groups in total. The van der Waals surface area contributed by atoms with E-state index in [0.29, 0.717) is 0 Å². The SMILES string of the molecule is Cn1cc(S(=O)(=O)N2CC(CO)OC(C)(C)C2)cn1. The Morgan fingerprint density at radius 3 is 2.79 bits per heavy atom. The molecule has 0 radical (unpaired) electrons. The van der Waals surface area contributed by atoms with Crippen LogP contribution in [0.3, 0.4) is 0 Å². The molecule has 1 fully saturated rings. The van der Waals surface area contributed by atoms with Gasteiger partial charge in [-0.2, -0.15) is 9.40 Å². The van der Waals surface area contributed by atoms with Gasteiger partial charge in [0.05, 0.1) is 24.5 Å². The van der Waals surface area contributed by atoms with Crippen LogP contribution in [0.4, 0.5) is 0 Å². The van der Waals surface area contributed by atoms with Crippen LogP contribution in [0.2, 0.25) is 0 Å². The van der Waals surface area contributed by atoms with Gasteiger partial charge < -0.3 is 9.84 Å². The van der Waals surface area contributed by atoms with Crippen molar-refractivity contribution in [1.29, 1.82) is 0 Å². The normalized spacial score (nSPS) is 24.5. The van der Waals surface area contributed by atoms with Crippen LogP contribution in [-0.4, -0.2) is 59.0 Å². The maximum Gasteiger partial charge on any atom is 0.246 e. The number of ether oxygens (including phenoxy) is 1. The van der Waals surface area contributed by atoms with E-state index in [-0.39, 0.29) is 24.6 Å². The highest BCUT2D eigenvalue weighted by Crippen LogP contribution is 2.26. The van der Waals surface area contributed by atoms with E-state index in [2.05, 4.69) is 5.10 Å². The number of hydrogen-bond acceptors (Lipinski definition) is 5. The molecule has 0 amide bonds. The zero-order valence-corrected chi connectivity index (χ0v) is 12.1. The number of nitrogens with zero attached hydrogens (tertiary/aromatic N) is 3. The molecule has 1 atom stereocenters. The molecule has 1 saturated heterocycles. The van der Waals surface area contributed by atoms with Crippen LogP contribution in [0, 0.1) is 0 Å². The van der Waals surface area contributed by atoms with E-state index in [1.54, 1.807) is 20.9 Å². The zero-order chi connectivity index (χ0) is 14.3. The Morgan fingerprint density at radius 2 is 2.26 bits per heavy atom. The van der Waals surface area contributed by atoms with Crippen LogP contribution in [0.1, 0.15) is 13.8 Å². The quantitative estimate of drug-likeness (QED) is 0.817. The Balaban J connectivity index is 2.29. The maximum atomic E-state index is 12.5. The highest BCUT2D eigenvalue weighted by atomic mass is 32.2. The van der Waals surface area contributed by atoms with Gasteiger partial charge in [0.2, 0.25) is 10.0 Å². The van der Waals surface area contributed by atoms with Crippen molar-refractivity contribution in [2.75, 3.05) is 19.7 Å². The molecule has 19 heavy (non-hydrogen) atoms. The monoisotopic (exact) mass is 289 g/mol. The minimum Gasteiger partial charge on any atom is -0.394 e. The first-order chi connectivity index (χ1) is 8.74. The molecule has 108 valence electrons. The number of morpholine rings is 1. The summed E-state index contributed by atoms with van der Waals surface area (Å²) in [6.45, 7) is 3.81. The molecule has 1 aromatic heterocycles. The lowest BCUT2D eigenvalue weighted by Crippen LogP contribution is -2.55. The molecule has 0 aromatic carbocycles. The number of sulfonamides is 1. The van der Waals surface area contributed by atoms with Gasteiger partial charge in [-0.1, -0.05) is 0 Å². The van der Waals surface area contributed by atoms with Crippen molar-refractivity contribution in [1.82, 2.24) is 14.1 Å². The molecule has 1 aliphatic rings. The summed E-state index contributed by atoms with van der Waals surface area (Å²) in [5, 5.41) is 13.1. The maximum absolute atomic E-state index is 12.5. The summed E-state index contributed by atoms with van der Waals surface area (Å²) < 4.78 is 33.4. The molecule has 0 aliphatic carbocycles. The number of aliphatic hydroxyl groups excluding tert-OH is 1. The molecule has 1 unspecified atom stereocenters. The van der Waals surface area contributed by atoms with Gasteiger partial charge in [0.15, 0.2) is 0 Å². The lowest BCUT2D eigenvalue weighted by Gasteiger charge is -2.41. The summed E-state index contributed by atoms with van der Waals surface area (Å²) in [4.78, 5) is 0.157. The third-order valence-corrected chi connectivity index (χ3v) is 4.74. The van der Waals surface area contributed by atoms with E-state index in [1.807, 2.05) is 0 Å². The fraction of sp³-hybridized carbons (Fsp3) is 0.727. The van der Waals surface area contributed by atoms with Gasteiger partial charge in [0, 0.05) is 26.3 Å². The standard InChI is InChI=1S/C11H19N3O4S/c1-11(2)8-14(5-9(7-15)18-11)19(16,17)10-4-12-13(3)6-10/h4,6,9,15H,5,7-8H2,1-3H3. The van der Waals surface area contributed by atoms with Crippen LogP contribution >= 0.6 is 0 Å². The van der Waals surface area contributed by atoms with Crippen molar-refractivity contribution >= 4 is 10.0 Å². The zero-order valence-electron chi connectivity index (χ0n) is 11.3. The van der Waals surface area contributed by atoms with Crippen LogP contribution in [0.5, 0.6) is 0 Å². The van der Waals surface area contributed by atoms with Crippen LogP contribution in [-0.2, 0) is 21.8 Å². The molecular formula is C11H19N3O4S. The van der Waals surface area contributed by atoms with Gasteiger partial charge in [-0.15, -0.1) is 0 Å². The molecule has 0 spiro atoms. The third kappa shape index (κ3) is 2.97. The Kier molecular flexibility index (Phi) is 3.69. The van der Waals surface area contributed by atoms with E-state index in [0.717, 1.165) is 0 Å². The van der Waals surface area contributed by atoms with Gasteiger partial charge >= 0.3 is 0 Å². The Hall–Kier alpha value is -0.960. The minimum absolute atomic E-state index is 0.150. The molecule has 2 heterocycles. The Bertz CT molecular complexity index is 552. The molecule has 7 nitrogen and oxygen atoms in total. The van der Waals surface area contributed by atoms with Crippen molar-refractivity contribution in [2.24, 2.45) is 7.05 Å². The van der Waals surface area contributed by atoms with Crippen molar-refractivity contribution in [3.05, 3.63) is 12.4 Å². The van der Waals surface area contributed by atoms with E-state index >= 15 is 0 Å². The largest absolute Gasteiger partial charge is 0.394 e. The van der Waals surface area contributed by atoms with Crippen LogP contribution in [0.15, 0.2) is 17.3 Å². The topological polar surface area (TPSA) is 84.7 Å². The first-order valence-electron chi connectivity index (χ1n) is 6.02. The van der Waals surface area contributed by atoms with Crippen molar-refractivity contribution in [3.63, 3.8) is 0 Å². The van der Waals surface area contributed by atoms with Gasteiger partial charge in [0.1, 0.15) is 4.90 Å². The van der Waals surface area contributed by atoms with Gasteiger partial charge in [-0.05, 0) is 13.8 Å². The Morgan fingerprint density at radius 1 is 1.58 bits per heavy atom. The van der Waals surface area contributed by atoms with Gasteiger partial charge in [0.25, 0.3) is 0 Å². The fourth-order valence-electron chi connectivity index (χ4n) is 2.20. The Labute approximate surface area is 112 Å². The number of aromatic nitrogens is 2. The predicted octanol–water partition coefficient (Wildman–Crippen LogP) is -0.419. The fourth-order valence-corrected chi connectivity index (χ4v) is 3.81. The highest BCUT2D eigenvalue weighted by molar-refractivity contribution is 7.89. The third-order valence-electron chi connectivity index (χ3n) is 2.97. The molecule has 1 aromatic rings. The van der Waals surface area contributed by atoms with Crippen LogP contribution in [0.25, 0.3) is 0 Å². The average Bonchev–Trinajstić information content (AvgIpc) is 2.74. The summed E-state index contributed by atoms with van der Waals surface area (Å²) in [7, 11) is -1.93. The molecule has 0 bridgehead atoms. The lowest BCUT2D eigenvalue weighted by atomic mass is 10.1. The van der Waals surface area contributed by atoms with Crippen LogP contribution < -0.4 is 0 Å². The van der Waals surface area contributed by atoms with Crippen molar-refractivity contribution in [2.45, 2.75) is 30.4 Å². The van der Waals surface area contributed by atoms with Gasteiger partial charge in [-0.25, -0.2) is 8.42 Å². The molecule has 2 rings (SSSR count). The second-order valence-corrected chi connectivity index (χ2v) is 7.27. The second-order valence-electron chi connectivity index (χ2n) is 5.33. The smallest absolute Gasteiger partial charge is 0.246 e. The summed E-state index contributed by atoms with van der Waals surface area (Å²) in [6, 6.07) is 0. The molecule has 8 heteroatoms. The molecule has 1 aliphatic heterocycles. The summed E-state index contributed by atoms with van der Waals surface area (Å²) in [6.07, 6.45) is 2.28. The van der Waals surface area contributed by atoms with E-state index in [4.69, 9.17) is 4.74 Å². The summed E-state index contributed by atoms with van der Waals surface area (Å²) in [5.74, 6) is 0. The lowest BCUT2D eigenvalue weighted by molar-refractivity contribution is -0.131. The summed E-state index contributed by atoms with van der Waals surface area (Å²) >= 11 is 0. The highest BCUT2D eigenvalue weighted by Gasteiger charge is 2.39. The minimum atomic E-state index is -3.60.